The number of anilines is 3. The van der Waals surface area contributed by atoms with Gasteiger partial charge in [-0.15, -0.1) is 0 Å². The van der Waals surface area contributed by atoms with Crippen molar-refractivity contribution >= 4 is 23.2 Å². The van der Waals surface area contributed by atoms with E-state index in [-0.39, 0.29) is 11.5 Å². The van der Waals surface area contributed by atoms with Crippen LogP contribution in [-0.2, 0) is 0 Å². The second-order valence-electron chi connectivity index (χ2n) is 6.88. The molecular formula is C17H21N7O2. The first-order valence-electron chi connectivity index (χ1n) is 8.59. The molecule has 0 unspecified atom stereocenters. The van der Waals surface area contributed by atoms with Gasteiger partial charge in [-0.05, 0) is 44.2 Å². The first kappa shape index (κ1) is 16.4. The van der Waals surface area contributed by atoms with E-state index < -0.39 is 5.66 Å². The zero-order valence-electron chi connectivity index (χ0n) is 14.7. The molecule has 4 rings (SSSR count). The SMILES string of the molecule is Cc1cc(Nc2cc(N)ncn2)c(=O)n2c1C(=O)NC1(CCCC1)N2C. The fraction of sp³-hybridized carbons (Fsp3) is 0.412. The highest BCUT2D eigenvalue weighted by Gasteiger charge is 2.45. The maximum atomic E-state index is 13.2. The number of rotatable bonds is 2. The lowest BCUT2D eigenvalue weighted by atomic mass is 10.0. The average molecular weight is 355 g/mol. The van der Waals surface area contributed by atoms with Crippen molar-refractivity contribution in [3.05, 3.63) is 40.1 Å². The van der Waals surface area contributed by atoms with Crippen LogP contribution in [0.2, 0.25) is 0 Å². The summed E-state index contributed by atoms with van der Waals surface area (Å²) in [5, 5.41) is 7.97. The third kappa shape index (κ3) is 2.39. The molecule has 1 spiro atoms. The maximum Gasteiger partial charge on any atom is 0.293 e. The maximum absolute atomic E-state index is 13.2. The summed E-state index contributed by atoms with van der Waals surface area (Å²) in [5.41, 5.74) is 6.27. The molecule has 26 heavy (non-hydrogen) atoms. The van der Waals surface area contributed by atoms with Crippen LogP contribution < -0.4 is 26.9 Å². The minimum atomic E-state index is -0.502. The molecule has 1 amide bonds. The van der Waals surface area contributed by atoms with Gasteiger partial charge in [0.05, 0.1) is 0 Å². The number of carbonyl (C=O) groups excluding carboxylic acids is 1. The second kappa shape index (κ2) is 5.72. The fourth-order valence-electron chi connectivity index (χ4n) is 3.91. The summed E-state index contributed by atoms with van der Waals surface area (Å²) in [4.78, 5) is 33.8. The summed E-state index contributed by atoms with van der Waals surface area (Å²) in [6.07, 6.45) is 5.01. The van der Waals surface area contributed by atoms with Gasteiger partial charge in [-0.1, -0.05) is 0 Å². The summed E-state index contributed by atoms with van der Waals surface area (Å²) >= 11 is 0. The Kier molecular flexibility index (Phi) is 3.60. The Labute approximate surface area is 150 Å². The zero-order chi connectivity index (χ0) is 18.5. The van der Waals surface area contributed by atoms with Crippen LogP contribution in [0, 0.1) is 6.92 Å². The van der Waals surface area contributed by atoms with Gasteiger partial charge < -0.3 is 16.4 Å². The molecule has 1 fully saturated rings. The van der Waals surface area contributed by atoms with Crippen LogP contribution in [0.4, 0.5) is 17.3 Å². The number of aryl methyl sites for hydroxylation is 1. The van der Waals surface area contributed by atoms with E-state index in [9.17, 15) is 9.59 Å². The van der Waals surface area contributed by atoms with E-state index in [1.165, 1.54) is 11.0 Å². The topological polar surface area (TPSA) is 118 Å². The average Bonchev–Trinajstić information content (AvgIpc) is 3.05. The van der Waals surface area contributed by atoms with Crippen molar-refractivity contribution in [2.24, 2.45) is 0 Å². The van der Waals surface area contributed by atoms with Crippen molar-refractivity contribution in [3.8, 4) is 0 Å². The van der Waals surface area contributed by atoms with Crippen LogP contribution in [0.1, 0.15) is 41.7 Å². The van der Waals surface area contributed by atoms with Gasteiger partial charge in [0.15, 0.2) is 0 Å². The Bertz CT molecular complexity index is 947. The van der Waals surface area contributed by atoms with Crippen LogP contribution >= 0.6 is 0 Å². The quantitative estimate of drug-likeness (QED) is 0.731. The van der Waals surface area contributed by atoms with Gasteiger partial charge in [-0.2, -0.15) is 0 Å². The Balaban J connectivity index is 1.83. The van der Waals surface area contributed by atoms with Gasteiger partial charge in [-0.25, -0.2) is 14.6 Å². The van der Waals surface area contributed by atoms with E-state index in [2.05, 4.69) is 20.6 Å². The van der Waals surface area contributed by atoms with E-state index in [1.807, 2.05) is 19.0 Å². The first-order valence-corrected chi connectivity index (χ1v) is 8.59. The van der Waals surface area contributed by atoms with Gasteiger partial charge >= 0.3 is 0 Å². The molecule has 2 aliphatic rings. The lowest BCUT2D eigenvalue weighted by molar-refractivity contribution is 0.0829. The van der Waals surface area contributed by atoms with Crippen molar-refractivity contribution in [2.75, 3.05) is 23.1 Å². The number of nitrogen functional groups attached to an aromatic ring is 1. The molecule has 2 aromatic rings. The van der Waals surface area contributed by atoms with Crippen LogP contribution in [0.15, 0.2) is 23.3 Å². The largest absolute Gasteiger partial charge is 0.384 e. The van der Waals surface area contributed by atoms with E-state index >= 15 is 0 Å². The molecule has 9 nitrogen and oxygen atoms in total. The molecule has 2 aromatic heterocycles. The molecule has 4 N–H and O–H groups in total. The van der Waals surface area contributed by atoms with Crippen molar-refractivity contribution in [3.63, 3.8) is 0 Å². The van der Waals surface area contributed by atoms with Crippen molar-refractivity contribution in [1.82, 2.24) is 20.0 Å². The van der Waals surface area contributed by atoms with Crippen LogP contribution in [0.25, 0.3) is 0 Å². The third-order valence-electron chi connectivity index (χ3n) is 5.23. The molecule has 1 saturated carbocycles. The van der Waals surface area contributed by atoms with E-state index in [0.29, 0.717) is 28.6 Å². The summed E-state index contributed by atoms with van der Waals surface area (Å²) in [6, 6.07) is 3.21. The normalized spacial score (nSPS) is 17.9. The van der Waals surface area contributed by atoms with Crippen LogP contribution in [0.3, 0.4) is 0 Å². The summed E-state index contributed by atoms with van der Waals surface area (Å²) < 4.78 is 1.48. The highest BCUT2D eigenvalue weighted by molar-refractivity contribution is 5.96. The highest BCUT2D eigenvalue weighted by atomic mass is 16.2. The Morgan fingerprint density at radius 2 is 1.96 bits per heavy atom. The van der Waals surface area contributed by atoms with Crippen molar-refractivity contribution in [2.45, 2.75) is 38.3 Å². The molecule has 0 radical (unpaired) electrons. The molecule has 0 atom stereocenters. The standard InChI is InChI=1S/C17H21N7O2/c1-10-7-11(21-13-8-12(18)19-9-20-13)16(26)24-14(10)15(25)22-17(23(24)2)5-3-4-6-17/h7-9H,3-6H2,1-2H3,(H,22,25)(H3,18,19,20,21). The molecule has 136 valence electrons. The Morgan fingerprint density at radius 1 is 1.23 bits per heavy atom. The molecule has 0 aromatic carbocycles. The molecule has 1 aliphatic carbocycles. The summed E-state index contributed by atoms with van der Waals surface area (Å²) in [6.45, 7) is 1.81. The number of nitrogens with zero attached hydrogens (tertiary/aromatic N) is 4. The van der Waals surface area contributed by atoms with Gasteiger partial charge in [0.1, 0.15) is 35.0 Å². The van der Waals surface area contributed by atoms with Gasteiger partial charge in [0.2, 0.25) is 0 Å². The number of hydrogen-bond acceptors (Lipinski definition) is 7. The second-order valence-corrected chi connectivity index (χ2v) is 6.88. The number of hydrogen-bond donors (Lipinski definition) is 3. The molecule has 1 aliphatic heterocycles. The minimum Gasteiger partial charge on any atom is -0.384 e. The van der Waals surface area contributed by atoms with Crippen molar-refractivity contribution in [1.29, 1.82) is 0 Å². The van der Waals surface area contributed by atoms with Crippen LogP contribution in [0.5, 0.6) is 0 Å². The van der Waals surface area contributed by atoms with Gasteiger partial charge in [-0.3, -0.25) is 14.6 Å². The first-order chi connectivity index (χ1) is 12.4. The zero-order valence-corrected chi connectivity index (χ0v) is 14.7. The molecule has 0 bridgehead atoms. The summed E-state index contributed by atoms with van der Waals surface area (Å²) in [7, 11) is 1.85. The van der Waals surface area contributed by atoms with Crippen molar-refractivity contribution < 1.29 is 4.79 Å². The Hall–Kier alpha value is -3.10. The third-order valence-corrected chi connectivity index (χ3v) is 5.23. The number of amides is 1. The number of nitrogens with one attached hydrogen (secondary N) is 2. The number of fused-ring (bicyclic) bond motifs is 1. The number of carbonyl (C=O) groups is 1. The minimum absolute atomic E-state index is 0.211. The smallest absolute Gasteiger partial charge is 0.293 e. The highest BCUT2D eigenvalue weighted by Crippen LogP contribution is 2.34. The van der Waals surface area contributed by atoms with E-state index in [1.54, 1.807) is 12.1 Å². The Morgan fingerprint density at radius 3 is 2.65 bits per heavy atom. The molecule has 3 heterocycles. The van der Waals surface area contributed by atoms with E-state index in [0.717, 1.165) is 25.7 Å². The number of aromatic nitrogens is 3. The summed E-state index contributed by atoms with van der Waals surface area (Å²) in [5.74, 6) is 0.518. The lowest BCUT2D eigenvalue weighted by Crippen LogP contribution is -2.68. The molecular weight excluding hydrogens is 334 g/mol. The molecule has 9 heteroatoms. The number of pyridine rings is 1. The number of nitrogens with two attached hydrogens (primary N) is 1. The fourth-order valence-corrected chi connectivity index (χ4v) is 3.91. The van der Waals surface area contributed by atoms with Gasteiger partial charge in [0, 0.05) is 13.1 Å². The molecule has 0 saturated heterocycles. The lowest BCUT2D eigenvalue weighted by Gasteiger charge is -2.46. The van der Waals surface area contributed by atoms with E-state index in [4.69, 9.17) is 5.73 Å². The predicted molar refractivity (Wildman–Crippen MR) is 98.0 cm³/mol. The monoisotopic (exact) mass is 355 g/mol. The predicted octanol–water partition coefficient (Wildman–Crippen LogP) is 0.854. The van der Waals surface area contributed by atoms with Crippen LogP contribution in [-0.4, -0.2) is 33.3 Å². The van der Waals surface area contributed by atoms with Gasteiger partial charge in [0.25, 0.3) is 11.5 Å².